The summed E-state index contributed by atoms with van der Waals surface area (Å²) in [5.41, 5.74) is 8.41. The standard InChI is InChI=1S/C21H30N4O/c1-15(2)17-7-6-8-18(13-17)24-21(22)23-14-19(25-11-4-5-12-25)20-10-9-16(3)26-20/h6-10,13,15,19H,4-5,11-12,14H2,1-3H3,(H3,22,23,24). The lowest BCUT2D eigenvalue weighted by Crippen LogP contribution is -2.30. The molecule has 1 aromatic heterocycles. The van der Waals surface area contributed by atoms with Crippen molar-refractivity contribution in [1.29, 1.82) is 0 Å². The molecule has 3 N–H and O–H groups in total. The molecule has 0 bridgehead atoms. The van der Waals surface area contributed by atoms with Gasteiger partial charge >= 0.3 is 0 Å². The van der Waals surface area contributed by atoms with E-state index in [0.29, 0.717) is 18.4 Å². The fraction of sp³-hybridized carbons (Fsp3) is 0.476. The molecule has 0 saturated carbocycles. The Labute approximate surface area is 156 Å². The molecule has 0 amide bonds. The molecule has 0 spiro atoms. The third kappa shape index (κ3) is 4.67. The van der Waals surface area contributed by atoms with Crippen LogP contribution in [0.25, 0.3) is 0 Å². The molecular formula is C21H30N4O. The van der Waals surface area contributed by atoms with Crippen molar-refractivity contribution in [3.05, 3.63) is 53.5 Å². The van der Waals surface area contributed by atoms with Crippen LogP contribution in [-0.2, 0) is 0 Å². The molecule has 1 aliphatic rings. The van der Waals surface area contributed by atoms with Crippen LogP contribution >= 0.6 is 0 Å². The van der Waals surface area contributed by atoms with Gasteiger partial charge < -0.3 is 15.5 Å². The number of hydrogen-bond donors (Lipinski definition) is 2. The summed E-state index contributed by atoms with van der Waals surface area (Å²) in [5.74, 6) is 2.84. The molecule has 1 fully saturated rings. The predicted octanol–water partition coefficient (Wildman–Crippen LogP) is 4.28. The van der Waals surface area contributed by atoms with E-state index in [4.69, 9.17) is 10.2 Å². The van der Waals surface area contributed by atoms with Crippen molar-refractivity contribution in [3.8, 4) is 0 Å². The summed E-state index contributed by atoms with van der Waals surface area (Å²) in [6.07, 6.45) is 2.46. The molecule has 1 unspecified atom stereocenters. The average molecular weight is 354 g/mol. The van der Waals surface area contributed by atoms with E-state index >= 15 is 0 Å². The number of benzene rings is 1. The lowest BCUT2D eigenvalue weighted by atomic mass is 10.0. The van der Waals surface area contributed by atoms with E-state index in [9.17, 15) is 0 Å². The third-order valence-electron chi connectivity index (χ3n) is 4.93. The first-order chi connectivity index (χ1) is 12.5. The molecule has 26 heavy (non-hydrogen) atoms. The van der Waals surface area contributed by atoms with Crippen LogP contribution in [0.4, 0.5) is 5.69 Å². The highest BCUT2D eigenvalue weighted by molar-refractivity contribution is 5.92. The van der Waals surface area contributed by atoms with Gasteiger partial charge in [-0.05, 0) is 68.6 Å². The Kier molecular flexibility index (Phi) is 5.99. The number of nitrogens with one attached hydrogen (secondary N) is 1. The van der Waals surface area contributed by atoms with E-state index in [1.807, 2.05) is 25.1 Å². The molecule has 3 rings (SSSR count). The van der Waals surface area contributed by atoms with Gasteiger partial charge in [-0.2, -0.15) is 0 Å². The highest BCUT2D eigenvalue weighted by Gasteiger charge is 2.25. The minimum Gasteiger partial charge on any atom is -0.465 e. The second-order valence-electron chi connectivity index (χ2n) is 7.34. The smallest absolute Gasteiger partial charge is 0.193 e. The highest BCUT2D eigenvalue weighted by Crippen LogP contribution is 2.27. The summed E-state index contributed by atoms with van der Waals surface area (Å²) >= 11 is 0. The lowest BCUT2D eigenvalue weighted by molar-refractivity contribution is 0.219. The maximum atomic E-state index is 6.15. The van der Waals surface area contributed by atoms with Gasteiger partial charge in [-0.15, -0.1) is 0 Å². The highest BCUT2D eigenvalue weighted by atomic mass is 16.3. The van der Waals surface area contributed by atoms with Crippen LogP contribution in [0.1, 0.15) is 55.7 Å². The topological polar surface area (TPSA) is 66.8 Å². The van der Waals surface area contributed by atoms with Gasteiger partial charge in [-0.1, -0.05) is 26.0 Å². The normalized spacial score (nSPS) is 17.0. The number of rotatable bonds is 6. The Morgan fingerprint density at radius 3 is 2.65 bits per heavy atom. The minimum atomic E-state index is 0.147. The Bertz CT molecular complexity index is 744. The van der Waals surface area contributed by atoms with Crippen molar-refractivity contribution in [2.75, 3.05) is 25.0 Å². The van der Waals surface area contributed by atoms with E-state index in [2.05, 4.69) is 47.3 Å². The zero-order valence-corrected chi connectivity index (χ0v) is 16.0. The van der Waals surface area contributed by atoms with Crippen molar-refractivity contribution in [2.45, 2.75) is 45.6 Å². The second-order valence-corrected chi connectivity index (χ2v) is 7.34. The summed E-state index contributed by atoms with van der Waals surface area (Å²) in [6.45, 7) is 9.11. The van der Waals surface area contributed by atoms with Crippen molar-refractivity contribution in [1.82, 2.24) is 4.90 Å². The fourth-order valence-corrected chi connectivity index (χ4v) is 3.42. The molecule has 5 heteroatoms. The summed E-state index contributed by atoms with van der Waals surface area (Å²) in [6, 6.07) is 12.5. The quantitative estimate of drug-likeness (QED) is 0.600. The number of furan rings is 1. The molecule has 0 aliphatic carbocycles. The third-order valence-corrected chi connectivity index (χ3v) is 4.93. The lowest BCUT2D eigenvalue weighted by Gasteiger charge is -2.24. The molecule has 1 saturated heterocycles. The number of anilines is 1. The Morgan fingerprint density at radius 2 is 2.00 bits per heavy atom. The number of aliphatic imine (C=N–C) groups is 1. The number of nitrogens with zero attached hydrogens (tertiary/aromatic N) is 2. The fourth-order valence-electron chi connectivity index (χ4n) is 3.42. The van der Waals surface area contributed by atoms with Crippen LogP contribution in [0.15, 0.2) is 45.8 Å². The van der Waals surface area contributed by atoms with Crippen molar-refractivity contribution in [2.24, 2.45) is 10.7 Å². The van der Waals surface area contributed by atoms with Crippen LogP contribution in [-0.4, -0.2) is 30.5 Å². The van der Waals surface area contributed by atoms with Crippen LogP contribution in [0.5, 0.6) is 0 Å². The van der Waals surface area contributed by atoms with Crippen molar-refractivity contribution in [3.63, 3.8) is 0 Å². The minimum absolute atomic E-state index is 0.147. The van der Waals surface area contributed by atoms with Crippen LogP contribution < -0.4 is 11.1 Å². The molecule has 140 valence electrons. The van der Waals surface area contributed by atoms with Gasteiger partial charge in [-0.3, -0.25) is 9.89 Å². The summed E-state index contributed by atoms with van der Waals surface area (Å²) in [7, 11) is 0. The number of nitrogens with two attached hydrogens (primary N) is 1. The van der Waals surface area contributed by atoms with Gasteiger partial charge in [0.1, 0.15) is 11.5 Å². The van der Waals surface area contributed by atoms with E-state index in [0.717, 1.165) is 30.3 Å². The van der Waals surface area contributed by atoms with Gasteiger partial charge in [0.15, 0.2) is 5.96 Å². The molecule has 1 atom stereocenters. The monoisotopic (exact) mass is 354 g/mol. The summed E-state index contributed by atoms with van der Waals surface area (Å²) < 4.78 is 5.88. The number of likely N-dealkylation sites (tertiary alicyclic amines) is 1. The maximum absolute atomic E-state index is 6.15. The molecule has 1 aliphatic heterocycles. The molecule has 5 nitrogen and oxygen atoms in total. The molecule has 0 radical (unpaired) electrons. The first-order valence-corrected chi connectivity index (χ1v) is 9.50. The van der Waals surface area contributed by atoms with Crippen molar-refractivity contribution >= 4 is 11.6 Å². The zero-order valence-electron chi connectivity index (χ0n) is 16.0. The summed E-state index contributed by atoms with van der Waals surface area (Å²) in [4.78, 5) is 7.05. The van der Waals surface area contributed by atoms with Crippen molar-refractivity contribution < 1.29 is 4.42 Å². The molecule has 1 aromatic carbocycles. The largest absolute Gasteiger partial charge is 0.465 e. The first kappa shape index (κ1) is 18.5. The van der Waals surface area contributed by atoms with Gasteiger partial charge in [0, 0.05) is 5.69 Å². The molecule has 2 heterocycles. The van der Waals surface area contributed by atoms with Gasteiger partial charge in [0.25, 0.3) is 0 Å². The van der Waals surface area contributed by atoms with E-state index in [1.54, 1.807) is 0 Å². The van der Waals surface area contributed by atoms with E-state index in [1.165, 1.54) is 18.4 Å². The Morgan fingerprint density at radius 1 is 1.23 bits per heavy atom. The first-order valence-electron chi connectivity index (χ1n) is 9.50. The van der Waals surface area contributed by atoms with Crippen LogP contribution in [0, 0.1) is 6.92 Å². The van der Waals surface area contributed by atoms with E-state index < -0.39 is 0 Å². The average Bonchev–Trinajstić information content (AvgIpc) is 3.28. The van der Waals surface area contributed by atoms with Gasteiger partial charge in [-0.25, -0.2) is 0 Å². The summed E-state index contributed by atoms with van der Waals surface area (Å²) in [5, 5.41) is 3.22. The second kappa shape index (κ2) is 8.41. The van der Waals surface area contributed by atoms with Gasteiger partial charge in [0.05, 0.1) is 12.6 Å². The predicted molar refractivity (Wildman–Crippen MR) is 108 cm³/mol. The maximum Gasteiger partial charge on any atom is 0.193 e. The molecule has 2 aromatic rings. The van der Waals surface area contributed by atoms with Crippen LogP contribution in [0.2, 0.25) is 0 Å². The number of hydrogen-bond acceptors (Lipinski definition) is 3. The molecular weight excluding hydrogens is 324 g/mol. The zero-order chi connectivity index (χ0) is 18.5. The van der Waals surface area contributed by atoms with E-state index in [-0.39, 0.29) is 6.04 Å². The Balaban J connectivity index is 1.69. The number of aryl methyl sites for hydroxylation is 1. The van der Waals surface area contributed by atoms with Crippen LogP contribution in [0.3, 0.4) is 0 Å². The SMILES string of the molecule is Cc1ccc(C(CN=C(N)Nc2cccc(C(C)C)c2)N2CCCC2)o1. The number of guanidine groups is 1. The Hall–Kier alpha value is -2.27. The van der Waals surface area contributed by atoms with Gasteiger partial charge in [0.2, 0.25) is 0 Å².